The van der Waals surface area contributed by atoms with Crippen LogP contribution in [0.5, 0.6) is 11.5 Å². The maximum absolute atomic E-state index is 15.0. The second kappa shape index (κ2) is 11.2. The third-order valence-electron chi connectivity index (χ3n) is 6.17. The van der Waals surface area contributed by atoms with Gasteiger partial charge in [0.25, 0.3) is 0 Å². The van der Waals surface area contributed by atoms with E-state index < -0.39 is 75.1 Å². The van der Waals surface area contributed by atoms with Gasteiger partial charge < -0.3 is 9.47 Å². The number of rotatable bonds is 7. The van der Waals surface area contributed by atoms with Gasteiger partial charge in [-0.25, -0.2) is 26.9 Å². The first kappa shape index (κ1) is 31.9. The van der Waals surface area contributed by atoms with E-state index in [1.54, 1.807) is 13.0 Å². The van der Waals surface area contributed by atoms with Gasteiger partial charge in [-0.1, -0.05) is 18.2 Å². The summed E-state index contributed by atoms with van der Waals surface area (Å²) in [5, 5.41) is -1.01. The molecule has 1 heterocycles. The minimum absolute atomic E-state index is 0.0372. The molecule has 4 aromatic carbocycles. The zero-order valence-electron chi connectivity index (χ0n) is 22.0. The number of aryl methyl sites for hydroxylation is 1. The highest BCUT2D eigenvalue weighted by atomic mass is 32.1. The van der Waals surface area contributed by atoms with Crippen molar-refractivity contribution in [3.8, 4) is 22.6 Å². The van der Waals surface area contributed by atoms with E-state index in [4.69, 9.17) is 0 Å². The number of nitrogens with zero attached hydrogens (tertiary/aromatic N) is 1. The normalized spacial score (nSPS) is 12.6. The number of fused-ring (bicyclic) bond motifs is 1. The van der Waals surface area contributed by atoms with Gasteiger partial charge in [0.15, 0.2) is 0 Å². The highest BCUT2D eigenvalue weighted by molar-refractivity contribution is 7.18. The van der Waals surface area contributed by atoms with Crippen LogP contribution in [-0.4, -0.2) is 4.98 Å². The van der Waals surface area contributed by atoms with Crippen molar-refractivity contribution in [2.45, 2.75) is 25.3 Å². The van der Waals surface area contributed by atoms with Gasteiger partial charge in [-0.05, 0) is 36.2 Å². The van der Waals surface area contributed by atoms with Gasteiger partial charge >= 0.3 is 18.4 Å². The van der Waals surface area contributed by atoms with Crippen LogP contribution in [0.3, 0.4) is 0 Å². The molecule has 0 fully saturated rings. The van der Waals surface area contributed by atoms with E-state index in [2.05, 4.69) is 14.5 Å². The lowest BCUT2D eigenvalue weighted by atomic mass is 10.0. The Hall–Kier alpha value is -4.47. The number of thiazole rings is 1. The van der Waals surface area contributed by atoms with Crippen molar-refractivity contribution in [3.63, 3.8) is 0 Å². The van der Waals surface area contributed by atoms with Crippen LogP contribution in [0.4, 0.5) is 52.7 Å². The molecule has 1 aromatic heterocycles. The number of ether oxygens (including phenoxy) is 2. The van der Waals surface area contributed by atoms with Gasteiger partial charge in [0, 0.05) is 29.8 Å². The Bertz CT molecular complexity index is 1890. The lowest BCUT2D eigenvalue weighted by molar-refractivity contribution is -0.190. The van der Waals surface area contributed by atoms with Crippen LogP contribution >= 0.6 is 11.3 Å². The molecule has 0 saturated heterocycles. The Morgan fingerprint density at radius 1 is 0.600 bits per heavy atom. The van der Waals surface area contributed by atoms with Gasteiger partial charge in [0.05, 0.1) is 10.2 Å². The maximum Gasteiger partial charge on any atom is 0.454 e. The molecule has 0 radical (unpaired) electrons. The van der Waals surface area contributed by atoms with E-state index in [9.17, 15) is 52.7 Å². The average Bonchev–Trinajstić information content (AvgIpc) is 3.31. The summed E-state index contributed by atoms with van der Waals surface area (Å²) < 4.78 is 177. The van der Waals surface area contributed by atoms with E-state index in [-0.39, 0.29) is 40.0 Å². The molecular formula is C29H13F12NO2S. The maximum atomic E-state index is 15.0. The van der Waals surface area contributed by atoms with E-state index >= 15 is 0 Å². The first-order chi connectivity index (χ1) is 20.9. The number of hydrogen-bond acceptors (Lipinski definition) is 4. The topological polar surface area (TPSA) is 31.4 Å². The van der Waals surface area contributed by atoms with Crippen LogP contribution in [0, 0.1) is 36.0 Å². The second-order valence-corrected chi connectivity index (χ2v) is 10.5. The first-order valence-corrected chi connectivity index (χ1v) is 13.0. The molecule has 0 atom stereocenters. The SMILES string of the molecule is Cc1ccc(-c2ccc3nc(C(F)(F)Oc4cc(F)c(C(F)(F)Oc5cc(F)c(C(F)(F)F)c(F)c5)c(F)c4)sc3c2)c(F)c1. The number of halogens is 12. The molecule has 0 aliphatic carbocycles. The summed E-state index contributed by atoms with van der Waals surface area (Å²) in [4.78, 5) is 3.73. The van der Waals surface area contributed by atoms with E-state index in [0.717, 1.165) is 0 Å². The molecule has 5 aromatic rings. The highest BCUT2D eigenvalue weighted by Crippen LogP contribution is 2.42. The van der Waals surface area contributed by atoms with Crippen molar-refractivity contribution < 1.29 is 62.2 Å². The molecule has 0 unspecified atom stereocenters. The quantitative estimate of drug-likeness (QED) is 0.162. The fourth-order valence-electron chi connectivity index (χ4n) is 4.23. The van der Waals surface area contributed by atoms with Crippen molar-refractivity contribution in [1.29, 1.82) is 0 Å². The second-order valence-electron chi connectivity index (χ2n) is 9.44. The highest BCUT2D eigenvalue weighted by Gasteiger charge is 2.44. The predicted octanol–water partition coefficient (Wildman–Crippen LogP) is 10.2. The zero-order valence-corrected chi connectivity index (χ0v) is 22.8. The lowest BCUT2D eigenvalue weighted by Crippen LogP contribution is -2.26. The molecule has 0 bridgehead atoms. The predicted molar refractivity (Wildman–Crippen MR) is 137 cm³/mol. The third-order valence-corrected chi connectivity index (χ3v) is 7.24. The summed E-state index contributed by atoms with van der Waals surface area (Å²) in [6, 6.07) is 7.84. The van der Waals surface area contributed by atoms with Gasteiger partial charge in [-0.3, -0.25) is 0 Å². The smallest absolute Gasteiger partial charge is 0.429 e. The molecule has 236 valence electrons. The summed E-state index contributed by atoms with van der Waals surface area (Å²) in [6.07, 6.45) is -15.0. The van der Waals surface area contributed by atoms with Crippen molar-refractivity contribution in [2.24, 2.45) is 0 Å². The third kappa shape index (κ3) is 6.36. The fourth-order valence-corrected chi connectivity index (χ4v) is 5.14. The molecular weight excluding hydrogens is 654 g/mol. The largest absolute Gasteiger partial charge is 0.454 e. The van der Waals surface area contributed by atoms with Crippen LogP contribution in [0.25, 0.3) is 21.3 Å². The van der Waals surface area contributed by atoms with Gasteiger partial charge in [0.1, 0.15) is 51.7 Å². The Labute approximate surface area is 248 Å². The molecule has 0 amide bonds. The first-order valence-electron chi connectivity index (χ1n) is 12.2. The van der Waals surface area contributed by atoms with E-state index in [0.29, 0.717) is 22.5 Å². The minimum Gasteiger partial charge on any atom is -0.429 e. The molecule has 16 heteroatoms. The Kier molecular flexibility index (Phi) is 7.92. The van der Waals surface area contributed by atoms with Crippen LogP contribution < -0.4 is 9.47 Å². The van der Waals surface area contributed by atoms with Crippen molar-refractivity contribution >= 4 is 21.6 Å². The molecule has 3 nitrogen and oxygen atoms in total. The average molecular weight is 667 g/mol. The molecule has 0 aliphatic rings. The van der Waals surface area contributed by atoms with Gasteiger partial charge in [-0.15, -0.1) is 11.3 Å². The van der Waals surface area contributed by atoms with Crippen LogP contribution in [-0.2, 0) is 18.4 Å². The molecule has 0 spiro atoms. The molecule has 0 saturated carbocycles. The van der Waals surface area contributed by atoms with E-state index in [1.165, 1.54) is 30.3 Å². The van der Waals surface area contributed by atoms with Gasteiger partial charge in [0.2, 0.25) is 5.01 Å². The summed E-state index contributed by atoms with van der Waals surface area (Å²) in [7, 11) is 0. The lowest BCUT2D eigenvalue weighted by Gasteiger charge is -2.21. The minimum atomic E-state index is -5.54. The summed E-state index contributed by atoms with van der Waals surface area (Å²) in [5.74, 6) is -12.6. The molecule has 5 rings (SSSR count). The van der Waals surface area contributed by atoms with E-state index in [1.807, 2.05) is 0 Å². The zero-order chi connectivity index (χ0) is 33.1. The van der Waals surface area contributed by atoms with Crippen LogP contribution in [0.2, 0.25) is 0 Å². The Balaban J connectivity index is 1.40. The van der Waals surface area contributed by atoms with Crippen molar-refractivity contribution in [2.75, 3.05) is 0 Å². The standard InChI is InChI=1S/C29H13F12NO2S/c1-12-2-4-16(17(30)6-12)13-3-5-22-23(7-13)45-26(42-22)29(40,41)44-15-10-20(33)25(21(34)11-15)28(38,39)43-14-8-18(31)24(19(32)9-14)27(35,36)37/h2-11H,1H3. The number of alkyl halides is 7. The molecule has 0 N–H and O–H groups in total. The summed E-state index contributed by atoms with van der Waals surface area (Å²) >= 11 is 0.395. The number of benzene rings is 4. The number of aromatic nitrogens is 1. The Morgan fingerprint density at radius 3 is 1.67 bits per heavy atom. The van der Waals surface area contributed by atoms with Gasteiger partial charge in [-0.2, -0.15) is 30.7 Å². The van der Waals surface area contributed by atoms with Crippen LogP contribution in [0.15, 0.2) is 60.7 Å². The molecule has 0 aliphatic heterocycles. The summed E-state index contributed by atoms with van der Waals surface area (Å²) in [6.45, 7) is 1.67. The van der Waals surface area contributed by atoms with Crippen molar-refractivity contribution in [1.82, 2.24) is 4.98 Å². The van der Waals surface area contributed by atoms with Crippen LogP contribution in [0.1, 0.15) is 21.7 Å². The van der Waals surface area contributed by atoms with Crippen molar-refractivity contribution in [3.05, 3.63) is 111 Å². The fraction of sp³-hybridized carbons (Fsp3) is 0.138. The Morgan fingerprint density at radius 2 is 1.13 bits per heavy atom. The number of hydrogen-bond donors (Lipinski definition) is 0. The molecule has 45 heavy (non-hydrogen) atoms. The monoisotopic (exact) mass is 667 g/mol. The summed E-state index contributed by atoms with van der Waals surface area (Å²) in [5.41, 5.74) is -3.45.